The van der Waals surface area contributed by atoms with Crippen molar-refractivity contribution in [3.05, 3.63) is 22.4 Å². The second kappa shape index (κ2) is 5.99. The number of hydrogen-bond donors (Lipinski definition) is 1. The zero-order valence-corrected chi connectivity index (χ0v) is 13.7. The molecular weight excluding hydrogens is 347 g/mol. The van der Waals surface area contributed by atoms with Crippen molar-refractivity contribution in [1.29, 1.82) is 0 Å². The molecule has 4 nitrogen and oxygen atoms in total. The summed E-state index contributed by atoms with van der Waals surface area (Å²) in [6, 6.07) is 2.28. The van der Waals surface area contributed by atoms with Crippen LogP contribution < -0.4 is 5.73 Å². The highest BCUT2D eigenvalue weighted by atomic mass is 79.9. The number of benzene rings is 1. The van der Waals surface area contributed by atoms with Crippen molar-refractivity contribution in [3.8, 4) is 0 Å². The quantitative estimate of drug-likeness (QED) is 0.820. The van der Waals surface area contributed by atoms with Gasteiger partial charge in [0, 0.05) is 17.6 Å². The first kappa shape index (κ1) is 15.7. The Morgan fingerprint density at radius 3 is 2.75 bits per heavy atom. The monoisotopic (exact) mass is 364 g/mol. The minimum absolute atomic E-state index is 0.0333. The van der Waals surface area contributed by atoms with E-state index < -0.39 is 15.8 Å². The second-order valence-corrected chi connectivity index (χ2v) is 8.00. The first-order valence-electron chi connectivity index (χ1n) is 6.57. The molecule has 0 bridgehead atoms. The van der Waals surface area contributed by atoms with E-state index in [0.29, 0.717) is 19.0 Å². The molecule has 1 saturated heterocycles. The van der Waals surface area contributed by atoms with Gasteiger partial charge in [0.05, 0.1) is 10.6 Å². The van der Waals surface area contributed by atoms with Crippen molar-refractivity contribution in [1.82, 2.24) is 4.31 Å². The zero-order chi connectivity index (χ0) is 14.9. The van der Waals surface area contributed by atoms with Gasteiger partial charge in [-0.3, -0.25) is 0 Å². The van der Waals surface area contributed by atoms with Crippen LogP contribution in [0.1, 0.15) is 26.2 Å². The molecular formula is C13H18BrFN2O2S. The Morgan fingerprint density at radius 1 is 1.35 bits per heavy atom. The standard InChI is InChI=1S/C13H18BrFN2O2S/c1-9-3-2-5-17(6-4-9)20(18,19)13-8-12(16)11(15)7-10(13)14/h7-9H,2-6,16H2,1H3. The van der Waals surface area contributed by atoms with Gasteiger partial charge < -0.3 is 5.73 Å². The fraction of sp³-hybridized carbons (Fsp3) is 0.538. The van der Waals surface area contributed by atoms with Crippen LogP contribution in [0.25, 0.3) is 0 Å². The number of nitrogen functional groups attached to an aromatic ring is 1. The Morgan fingerprint density at radius 2 is 2.05 bits per heavy atom. The van der Waals surface area contributed by atoms with Crippen LogP contribution >= 0.6 is 15.9 Å². The summed E-state index contributed by atoms with van der Waals surface area (Å²) >= 11 is 3.11. The summed E-state index contributed by atoms with van der Waals surface area (Å²) < 4.78 is 40.3. The molecule has 0 aromatic heterocycles. The smallest absolute Gasteiger partial charge is 0.244 e. The molecule has 1 atom stereocenters. The molecule has 1 aromatic rings. The topological polar surface area (TPSA) is 63.4 Å². The molecule has 1 heterocycles. The molecule has 0 amide bonds. The van der Waals surface area contributed by atoms with E-state index in [1.54, 1.807) is 0 Å². The molecule has 0 saturated carbocycles. The van der Waals surface area contributed by atoms with E-state index in [1.165, 1.54) is 10.4 Å². The highest BCUT2D eigenvalue weighted by Crippen LogP contribution is 2.30. The summed E-state index contributed by atoms with van der Waals surface area (Å²) in [7, 11) is -3.64. The van der Waals surface area contributed by atoms with Crippen molar-refractivity contribution in [2.45, 2.75) is 31.1 Å². The van der Waals surface area contributed by atoms with E-state index >= 15 is 0 Å². The summed E-state index contributed by atoms with van der Waals surface area (Å²) in [6.45, 7) is 3.12. The zero-order valence-electron chi connectivity index (χ0n) is 11.3. The number of hydrogen-bond acceptors (Lipinski definition) is 3. The van der Waals surface area contributed by atoms with Crippen LogP contribution in [0.5, 0.6) is 0 Å². The summed E-state index contributed by atoms with van der Waals surface area (Å²) in [6.07, 6.45) is 2.71. The SMILES string of the molecule is CC1CCCN(S(=O)(=O)c2cc(N)c(F)cc2Br)CC1. The normalized spacial score (nSPS) is 21.6. The maximum atomic E-state index is 13.3. The average Bonchev–Trinajstić information content (AvgIpc) is 2.59. The third-order valence-electron chi connectivity index (χ3n) is 3.64. The maximum absolute atomic E-state index is 13.3. The number of sulfonamides is 1. The van der Waals surface area contributed by atoms with Gasteiger partial charge in [-0.05, 0) is 53.2 Å². The molecule has 7 heteroatoms. The first-order chi connectivity index (χ1) is 9.32. The van der Waals surface area contributed by atoms with Gasteiger partial charge in [0.25, 0.3) is 0 Å². The number of halogens is 2. The number of rotatable bonds is 2. The van der Waals surface area contributed by atoms with E-state index in [-0.39, 0.29) is 15.1 Å². The average molecular weight is 365 g/mol. The van der Waals surface area contributed by atoms with Crippen LogP contribution in [-0.4, -0.2) is 25.8 Å². The third-order valence-corrected chi connectivity index (χ3v) is 6.50. The maximum Gasteiger partial charge on any atom is 0.244 e. The number of nitrogens with zero attached hydrogens (tertiary/aromatic N) is 1. The Balaban J connectivity index is 2.37. The molecule has 1 aromatic carbocycles. The minimum Gasteiger partial charge on any atom is -0.396 e. The first-order valence-corrected chi connectivity index (χ1v) is 8.80. The van der Waals surface area contributed by atoms with Crippen LogP contribution in [-0.2, 0) is 10.0 Å². The minimum atomic E-state index is -3.64. The molecule has 1 fully saturated rings. The molecule has 0 spiro atoms. The van der Waals surface area contributed by atoms with Gasteiger partial charge in [0.1, 0.15) is 5.82 Å². The van der Waals surface area contributed by atoms with Crippen LogP contribution in [0, 0.1) is 11.7 Å². The summed E-state index contributed by atoms with van der Waals surface area (Å²) in [5.74, 6) is -0.0998. The van der Waals surface area contributed by atoms with Gasteiger partial charge in [0.2, 0.25) is 10.0 Å². The summed E-state index contributed by atoms with van der Waals surface area (Å²) in [5, 5.41) is 0. The molecule has 1 aliphatic heterocycles. The lowest BCUT2D eigenvalue weighted by Gasteiger charge is -2.21. The van der Waals surface area contributed by atoms with Crippen molar-refractivity contribution in [2.24, 2.45) is 5.92 Å². The molecule has 2 N–H and O–H groups in total. The summed E-state index contributed by atoms with van der Waals surface area (Å²) in [5.41, 5.74) is 5.33. The number of nitrogens with two attached hydrogens (primary N) is 1. The van der Waals surface area contributed by atoms with E-state index in [9.17, 15) is 12.8 Å². The lowest BCUT2D eigenvalue weighted by atomic mass is 10.0. The Bertz CT molecular complexity index is 607. The van der Waals surface area contributed by atoms with Gasteiger partial charge in [-0.1, -0.05) is 6.92 Å². The molecule has 0 aliphatic carbocycles. The van der Waals surface area contributed by atoms with E-state index in [1.807, 2.05) is 0 Å². The van der Waals surface area contributed by atoms with Gasteiger partial charge in [-0.25, -0.2) is 12.8 Å². The van der Waals surface area contributed by atoms with Crippen LogP contribution in [0.2, 0.25) is 0 Å². The Labute approximate surface area is 127 Å². The van der Waals surface area contributed by atoms with Crippen molar-refractivity contribution in [2.75, 3.05) is 18.8 Å². The van der Waals surface area contributed by atoms with Gasteiger partial charge in [0.15, 0.2) is 0 Å². The van der Waals surface area contributed by atoms with Crippen molar-refractivity contribution < 1.29 is 12.8 Å². The lowest BCUT2D eigenvalue weighted by Crippen LogP contribution is -2.32. The van der Waals surface area contributed by atoms with Gasteiger partial charge in [-0.15, -0.1) is 0 Å². The van der Waals surface area contributed by atoms with E-state index in [4.69, 9.17) is 5.73 Å². The van der Waals surface area contributed by atoms with E-state index in [0.717, 1.165) is 25.3 Å². The molecule has 1 aliphatic rings. The lowest BCUT2D eigenvalue weighted by molar-refractivity contribution is 0.416. The third kappa shape index (κ3) is 3.15. The molecule has 20 heavy (non-hydrogen) atoms. The number of anilines is 1. The Kier molecular flexibility index (Phi) is 4.71. The van der Waals surface area contributed by atoms with Crippen LogP contribution in [0.3, 0.4) is 0 Å². The van der Waals surface area contributed by atoms with Crippen molar-refractivity contribution in [3.63, 3.8) is 0 Å². The predicted molar refractivity (Wildman–Crippen MR) is 80.3 cm³/mol. The van der Waals surface area contributed by atoms with E-state index in [2.05, 4.69) is 22.9 Å². The second-order valence-electron chi connectivity index (χ2n) is 5.24. The van der Waals surface area contributed by atoms with Gasteiger partial charge >= 0.3 is 0 Å². The van der Waals surface area contributed by atoms with Crippen LogP contribution in [0.4, 0.5) is 10.1 Å². The molecule has 1 unspecified atom stereocenters. The fourth-order valence-corrected chi connectivity index (χ4v) is 4.86. The fourth-order valence-electron chi connectivity index (χ4n) is 2.36. The predicted octanol–water partition coefficient (Wildman–Crippen LogP) is 2.98. The van der Waals surface area contributed by atoms with Crippen molar-refractivity contribution >= 4 is 31.6 Å². The van der Waals surface area contributed by atoms with Gasteiger partial charge in [-0.2, -0.15) is 4.31 Å². The molecule has 0 radical (unpaired) electrons. The van der Waals surface area contributed by atoms with Crippen LogP contribution in [0.15, 0.2) is 21.5 Å². The largest absolute Gasteiger partial charge is 0.396 e. The summed E-state index contributed by atoms with van der Waals surface area (Å²) in [4.78, 5) is 0.0333. The Hall–Kier alpha value is -0.660. The highest BCUT2D eigenvalue weighted by Gasteiger charge is 2.29. The molecule has 2 rings (SSSR count). The molecule has 112 valence electrons. The highest BCUT2D eigenvalue weighted by molar-refractivity contribution is 9.10.